The van der Waals surface area contributed by atoms with Gasteiger partial charge in [-0.3, -0.25) is 10.2 Å². The number of hydrazine groups is 1. The maximum atomic E-state index is 12.3. The van der Waals surface area contributed by atoms with E-state index < -0.39 is 15.9 Å². The molecule has 0 aliphatic heterocycles. The Labute approximate surface area is 135 Å². The van der Waals surface area contributed by atoms with Crippen molar-refractivity contribution in [2.24, 2.45) is 0 Å². The average molecular weight is 328 g/mol. The van der Waals surface area contributed by atoms with Crippen molar-refractivity contribution in [3.05, 3.63) is 76.2 Å². The van der Waals surface area contributed by atoms with Crippen molar-refractivity contribution in [2.45, 2.75) is 12.8 Å². The zero-order chi connectivity index (χ0) is 16.3. The van der Waals surface area contributed by atoms with Crippen LogP contribution in [0.25, 0.3) is 6.08 Å². The van der Waals surface area contributed by atoms with Gasteiger partial charge in [-0.25, -0.2) is 8.42 Å². The van der Waals surface area contributed by atoms with Gasteiger partial charge in [-0.15, -0.1) is 4.83 Å². The number of carbonyl (C=O) groups excluding carboxylic acids is 1. The fourth-order valence-electron chi connectivity index (χ4n) is 2.46. The zero-order valence-electron chi connectivity index (χ0n) is 12.3. The van der Waals surface area contributed by atoms with Crippen molar-refractivity contribution in [3.63, 3.8) is 0 Å². The molecule has 1 amide bonds. The number of carbonyl (C=O) groups is 1. The van der Waals surface area contributed by atoms with Crippen molar-refractivity contribution >= 4 is 22.0 Å². The highest BCUT2D eigenvalue weighted by Gasteiger charge is 2.22. The molecule has 0 bridgehead atoms. The van der Waals surface area contributed by atoms with Crippen LogP contribution in [0, 0.1) is 0 Å². The number of benzene rings is 2. The number of nitrogens with one attached hydrogen (secondary N) is 2. The Hall–Kier alpha value is -2.44. The number of aryl methyl sites for hydroxylation is 1. The van der Waals surface area contributed by atoms with Crippen LogP contribution < -0.4 is 10.3 Å². The molecule has 0 fully saturated rings. The Morgan fingerprint density at radius 1 is 0.913 bits per heavy atom. The van der Waals surface area contributed by atoms with E-state index in [1.54, 1.807) is 36.4 Å². The third kappa shape index (κ3) is 3.49. The number of amides is 1. The first kappa shape index (κ1) is 15.5. The van der Waals surface area contributed by atoms with E-state index in [0.29, 0.717) is 18.4 Å². The standard InChI is InChI=1S/C17H16N2O3S/c20-17(14-7-2-1-3-8-14)18-19-23(21,22)16-11-10-13-6-4-5-9-15(13)12-16/h1-9,12,19H,10-11H2,(H,18,20). The van der Waals surface area contributed by atoms with Crippen LogP contribution >= 0.6 is 0 Å². The first-order valence-electron chi connectivity index (χ1n) is 7.22. The van der Waals surface area contributed by atoms with Crippen molar-refractivity contribution in [1.29, 1.82) is 0 Å². The lowest BCUT2D eigenvalue weighted by atomic mass is 9.98. The van der Waals surface area contributed by atoms with E-state index in [-0.39, 0.29) is 4.91 Å². The lowest BCUT2D eigenvalue weighted by Gasteiger charge is -2.17. The Morgan fingerprint density at radius 2 is 1.61 bits per heavy atom. The van der Waals surface area contributed by atoms with Gasteiger partial charge >= 0.3 is 0 Å². The van der Waals surface area contributed by atoms with Gasteiger partial charge < -0.3 is 0 Å². The summed E-state index contributed by atoms with van der Waals surface area (Å²) in [7, 11) is -3.75. The Morgan fingerprint density at radius 3 is 2.39 bits per heavy atom. The second-order valence-corrected chi connectivity index (χ2v) is 6.97. The molecule has 6 heteroatoms. The van der Waals surface area contributed by atoms with Crippen LogP contribution in [0.5, 0.6) is 0 Å². The molecule has 0 saturated heterocycles. The Bertz CT molecular complexity index is 858. The summed E-state index contributed by atoms with van der Waals surface area (Å²) in [5.74, 6) is -0.494. The second kappa shape index (κ2) is 6.36. The minimum absolute atomic E-state index is 0.268. The maximum Gasteiger partial charge on any atom is 0.266 e. The van der Waals surface area contributed by atoms with E-state index in [4.69, 9.17) is 0 Å². The van der Waals surface area contributed by atoms with E-state index in [2.05, 4.69) is 10.3 Å². The van der Waals surface area contributed by atoms with E-state index in [1.807, 2.05) is 24.3 Å². The molecular weight excluding hydrogens is 312 g/mol. The summed E-state index contributed by atoms with van der Waals surface area (Å²) >= 11 is 0. The lowest BCUT2D eigenvalue weighted by Crippen LogP contribution is -2.42. The average Bonchev–Trinajstić information content (AvgIpc) is 2.60. The Kier molecular flexibility index (Phi) is 4.27. The van der Waals surface area contributed by atoms with Gasteiger partial charge in [-0.1, -0.05) is 42.5 Å². The molecule has 0 heterocycles. The molecule has 0 saturated carbocycles. The molecule has 5 nitrogen and oxygen atoms in total. The van der Waals surface area contributed by atoms with Gasteiger partial charge in [-0.05, 0) is 42.2 Å². The number of fused-ring (bicyclic) bond motifs is 1. The first-order chi connectivity index (χ1) is 11.1. The third-order valence-electron chi connectivity index (χ3n) is 3.69. The molecule has 0 aromatic heterocycles. The van der Waals surface area contributed by atoms with Gasteiger partial charge in [0.05, 0.1) is 4.91 Å². The minimum atomic E-state index is -3.75. The highest BCUT2D eigenvalue weighted by Crippen LogP contribution is 2.26. The summed E-state index contributed by atoms with van der Waals surface area (Å²) in [5, 5.41) is 0. The number of hydrogen-bond donors (Lipinski definition) is 2. The topological polar surface area (TPSA) is 75.3 Å². The van der Waals surface area contributed by atoms with Crippen LogP contribution in [0.1, 0.15) is 27.9 Å². The summed E-state index contributed by atoms with van der Waals surface area (Å²) in [6, 6.07) is 16.1. The first-order valence-corrected chi connectivity index (χ1v) is 8.70. The quantitative estimate of drug-likeness (QED) is 0.845. The van der Waals surface area contributed by atoms with Crippen LogP contribution in [-0.4, -0.2) is 14.3 Å². The molecule has 0 atom stereocenters. The third-order valence-corrected chi connectivity index (χ3v) is 5.08. The molecular formula is C17H16N2O3S. The molecule has 2 aromatic rings. The van der Waals surface area contributed by atoms with E-state index in [9.17, 15) is 13.2 Å². The fourth-order valence-corrected chi connectivity index (χ4v) is 3.47. The molecule has 0 unspecified atom stereocenters. The van der Waals surface area contributed by atoms with Crippen LogP contribution in [0.2, 0.25) is 0 Å². The fraction of sp³-hybridized carbons (Fsp3) is 0.118. The molecule has 2 aromatic carbocycles. The zero-order valence-corrected chi connectivity index (χ0v) is 13.1. The minimum Gasteiger partial charge on any atom is -0.274 e. The maximum absolute atomic E-state index is 12.3. The predicted molar refractivity (Wildman–Crippen MR) is 88.7 cm³/mol. The number of rotatable bonds is 4. The summed E-state index contributed by atoms with van der Waals surface area (Å²) in [6.45, 7) is 0. The van der Waals surface area contributed by atoms with Crippen molar-refractivity contribution < 1.29 is 13.2 Å². The molecule has 0 radical (unpaired) electrons. The van der Waals surface area contributed by atoms with Gasteiger partial charge in [0.15, 0.2) is 0 Å². The summed E-state index contributed by atoms with van der Waals surface area (Å²) < 4.78 is 24.7. The van der Waals surface area contributed by atoms with E-state index in [0.717, 1.165) is 11.1 Å². The number of sulfonamides is 1. The number of hydrogen-bond acceptors (Lipinski definition) is 3. The van der Waals surface area contributed by atoms with Gasteiger partial charge in [-0.2, -0.15) is 0 Å². The van der Waals surface area contributed by atoms with Gasteiger partial charge in [0, 0.05) is 5.56 Å². The highest BCUT2D eigenvalue weighted by atomic mass is 32.2. The summed E-state index contributed by atoms with van der Waals surface area (Å²) in [5.41, 5.74) is 4.65. The molecule has 2 N–H and O–H groups in total. The molecule has 23 heavy (non-hydrogen) atoms. The van der Waals surface area contributed by atoms with Gasteiger partial charge in [0.1, 0.15) is 0 Å². The summed E-state index contributed by atoms with van der Waals surface area (Å²) in [4.78, 5) is 14.3. The van der Waals surface area contributed by atoms with Crippen molar-refractivity contribution in [3.8, 4) is 0 Å². The van der Waals surface area contributed by atoms with Crippen LogP contribution in [0.4, 0.5) is 0 Å². The largest absolute Gasteiger partial charge is 0.274 e. The van der Waals surface area contributed by atoms with Crippen LogP contribution in [-0.2, 0) is 16.4 Å². The lowest BCUT2D eigenvalue weighted by molar-refractivity contribution is 0.0945. The van der Waals surface area contributed by atoms with Crippen molar-refractivity contribution in [1.82, 2.24) is 10.3 Å². The molecule has 1 aliphatic rings. The molecule has 118 valence electrons. The molecule has 1 aliphatic carbocycles. The normalized spacial score (nSPS) is 13.8. The Balaban J connectivity index is 1.73. The van der Waals surface area contributed by atoms with Gasteiger partial charge in [0.2, 0.25) is 0 Å². The van der Waals surface area contributed by atoms with Crippen LogP contribution in [0.3, 0.4) is 0 Å². The van der Waals surface area contributed by atoms with Crippen LogP contribution in [0.15, 0.2) is 59.5 Å². The monoisotopic (exact) mass is 328 g/mol. The van der Waals surface area contributed by atoms with Crippen molar-refractivity contribution in [2.75, 3.05) is 0 Å². The molecule has 3 rings (SSSR count). The predicted octanol–water partition coefficient (Wildman–Crippen LogP) is 2.24. The van der Waals surface area contributed by atoms with E-state index in [1.165, 1.54) is 0 Å². The number of allylic oxidation sites excluding steroid dienone is 1. The SMILES string of the molecule is O=C(NNS(=O)(=O)C1=Cc2ccccc2CC1)c1ccccc1. The summed E-state index contributed by atoms with van der Waals surface area (Å²) in [6.07, 6.45) is 2.72. The smallest absolute Gasteiger partial charge is 0.266 e. The molecule has 0 spiro atoms. The highest BCUT2D eigenvalue weighted by molar-refractivity contribution is 7.93. The second-order valence-electron chi connectivity index (χ2n) is 5.24. The van der Waals surface area contributed by atoms with E-state index >= 15 is 0 Å². The van der Waals surface area contributed by atoms with Gasteiger partial charge in [0.25, 0.3) is 15.9 Å².